The highest BCUT2D eigenvalue weighted by molar-refractivity contribution is 8.14. The Bertz CT molecular complexity index is 480. The Hall–Kier alpha value is -1.16. The van der Waals surface area contributed by atoms with Gasteiger partial charge in [-0.2, -0.15) is 0 Å². The van der Waals surface area contributed by atoms with Crippen molar-refractivity contribution in [2.75, 3.05) is 17.7 Å². The van der Waals surface area contributed by atoms with Crippen molar-refractivity contribution in [3.8, 4) is 5.75 Å². The molecule has 0 fully saturated rings. The zero-order chi connectivity index (χ0) is 14.6. The second-order valence-corrected chi connectivity index (χ2v) is 7.12. The molecule has 2 rings (SSSR count). The van der Waals surface area contributed by atoms with E-state index >= 15 is 0 Å². The molecule has 0 saturated carbocycles. The van der Waals surface area contributed by atoms with Gasteiger partial charge in [-0.1, -0.05) is 38.6 Å². The fraction of sp³-hybridized carbons (Fsp3) is 0.562. The lowest BCUT2D eigenvalue weighted by Gasteiger charge is -2.31. The summed E-state index contributed by atoms with van der Waals surface area (Å²) < 4.78 is 5.52. The topological polar surface area (TPSA) is 33.6 Å². The first-order chi connectivity index (χ1) is 9.49. The number of ether oxygens (including phenoxy) is 1. The van der Waals surface area contributed by atoms with Gasteiger partial charge in [-0.25, -0.2) is 0 Å². The van der Waals surface area contributed by atoms with Crippen LogP contribution in [0.5, 0.6) is 5.75 Å². The Morgan fingerprint density at radius 2 is 2.20 bits per heavy atom. The molecule has 20 heavy (non-hydrogen) atoms. The van der Waals surface area contributed by atoms with E-state index in [9.17, 15) is 0 Å². The largest absolute Gasteiger partial charge is 0.494 e. The Balaban J connectivity index is 2.09. The fourth-order valence-corrected chi connectivity index (χ4v) is 3.09. The van der Waals surface area contributed by atoms with E-state index in [0.717, 1.165) is 28.8 Å². The van der Waals surface area contributed by atoms with E-state index in [0.29, 0.717) is 12.6 Å². The summed E-state index contributed by atoms with van der Waals surface area (Å²) in [7, 11) is 0. The van der Waals surface area contributed by atoms with Gasteiger partial charge in [0.2, 0.25) is 0 Å². The van der Waals surface area contributed by atoms with Crippen molar-refractivity contribution in [3.05, 3.63) is 24.3 Å². The first-order valence-corrected chi connectivity index (χ1v) is 8.18. The number of rotatable bonds is 3. The summed E-state index contributed by atoms with van der Waals surface area (Å²) >= 11 is 1.80. The SMILES string of the molecule is CCOc1cccc(NC2=NC(C(C)(C)C)CCS2)c1. The molecule has 3 nitrogen and oxygen atoms in total. The second-order valence-electron chi connectivity index (χ2n) is 6.04. The normalized spacial score (nSPS) is 19.4. The smallest absolute Gasteiger partial charge is 0.161 e. The number of hydrogen-bond donors (Lipinski definition) is 1. The maximum atomic E-state index is 5.52. The number of hydrogen-bond acceptors (Lipinski definition) is 4. The van der Waals surface area contributed by atoms with Crippen LogP contribution in [-0.2, 0) is 0 Å². The second kappa shape index (κ2) is 6.53. The number of thioether (sulfide) groups is 1. The maximum Gasteiger partial charge on any atom is 0.161 e. The highest BCUT2D eigenvalue weighted by atomic mass is 32.2. The monoisotopic (exact) mass is 292 g/mol. The number of anilines is 1. The highest BCUT2D eigenvalue weighted by Crippen LogP contribution is 2.31. The molecule has 0 radical (unpaired) electrons. The van der Waals surface area contributed by atoms with Crippen LogP contribution in [0.1, 0.15) is 34.1 Å². The molecule has 0 bridgehead atoms. The molecule has 1 aliphatic heterocycles. The molecule has 0 aromatic heterocycles. The number of amidine groups is 1. The lowest BCUT2D eigenvalue weighted by atomic mass is 9.85. The lowest BCUT2D eigenvalue weighted by molar-refractivity contribution is 0.316. The van der Waals surface area contributed by atoms with Crippen LogP contribution in [-0.4, -0.2) is 23.6 Å². The molecule has 4 heteroatoms. The quantitative estimate of drug-likeness (QED) is 0.896. The lowest BCUT2D eigenvalue weighted by Crippen LogP contribution is -2.30. The van der Waals surface area contributed by atoms with Crippen LogP contribution < -0.4 is 10.1 Å². The Morgan fingerprint density at radius 3 is 2.90 bits per heavy atom. The van der Waals surface area contributed by atoms with Gasteiger partial charge >= 0.3 is 0 Å². The van der Waals surface area contributed by atoms with Crippen LogP contribution in [0.4, 0.5) is 5.69 Å². The molecule has 1 aliphatic rings. The maximum absolute atomic E-state index is 5.52. The Labute approximate surface area is 126 Å². The first-order valence-electron chi connectivity index (χ1n) is 7.19. The van der Waals surface area contributed by atoms with Gasteiger partial charge in [0.1, 0.15) is 5.75 Å². The zero-order valence-corrected chi connectivity index (χ0v) is 13.6. The van der Waals surface area contributed by atoms with Gasteiger partial charge in [0, 0.05) is 17.5 Å². The molecule has 1 heterocycles. The molecule has 1 atom stereocenters. The summed E-state index contributed by atoms with van der Waals surface area (Å²) in [5.41, 5.74) is 1.26. The van der Waals surface area contributed by atoms with Crippen LogP contribution in [0.3, 0.4) is 0 Å². The summed E-state index contributed by atoms with van der Waals surface area (Å²) in [6.45, 7) is 9.44. The molecule has 1 aromatic carbocycles. The van der Waals surface area contributed by atoms with Gasteiger partial charge in [-0.05, 0) is 30.9 Å². The molecular weight excluding hydrogens is 268 g/mol. The predicted molar refractivity (Wildman–Crippen MR) is 89.0 cm³/mol. The number of nitrogens with zero attached hydrogens (tertiary/aromatic N) is 1. The zero-order valence-electron chi connectivity index (χ0n) is 12.8. The van der Waals surface area contributed by atoms with Crippen molar-refractivity contribution in [1.82, 2.24) is 0 Å². The van der Waals surface area contributed by atoms with E-state index in [4.69, 9.17) is 9.73 Å². The first kappa shape index (κ1) is 15.2. The van der Waals surface area contributed by atoms with E-state index in [1.54, 1.807) is 11.8 Å². The third kappa shape index (κ3) is 4.17. The molecule has 0 aliphatic carbocycles. The Kier molecular flexibility index (Phi) is 4.97. The van der Waals surface area contributed by atoms with E-state index < -0.39 is 0 Å². The van der Waals surface area contributed by atoms with Crippen molar-refractivity contribution in [2.24, 2.45) is 10.4 Å². The van der Waals surface area contributed by atoms with Crippen molar-refractivity contribution in [3.63, 3.8) is 0 Å². The van der Waals surface area contributed by atoms with Gasteiger partial charge in [0.15, 0.2) is 5.17 Å². The average molecular weight is 292 g/mol. The van der Waals surface area contributed by atoms with Crippen LogP contribution >= 0.6 is 11.8 Å². The molecule has 0 spiro atoms. The predicted octanol–water partition coefficient (Wildman–Crippen LogP) is 4.40. The molecule has 0 saturated heterocycles. The van der Waals surface area contributed by atoms with Crippen molar-refractivity contribution in [2.45, 2.75) is 40.2 Å². The van der Waals surface area contributed by atoms with Crippen LogP contribution in [0, 0.1) is 5.41 Å². The number of nitrogens with one attached hydrogen (secondary N) is 1. The molecule has 1 N–H and O–H groups in total. The fourth-order valence-electron chi connectivity index (χ4n) is 2.16. The number of aliphatic imine (C=N–C) groups is 1. The summed E-state index contributed by atoms with van der Waals surface area (Å²) in [6.07, 6.45) is 1.15. The standard InChI is InChI=1S/C16H24N2OS/c1-5-19-13-8-6-7-12(11-13)17-15-18-14(9-10-20-15)16(2,3)4/h6-8,11,14H,5,9-10H2,1-4H3,(H,17,18). The summed E-state index contributed by atoms with van der Waals surface area (Å²) in [6, 6.07) is 8.44. The molecule has 0 amide bonds. The minimum absolute atomic E-state index is 0.223. The summed E-state index contributed by atoms with van der Waals surface area (Å²) in [5, 5.41) is 4.43. The molecule has 1 unspecified atom stereocenters. The van der Waals surface area contributed by atoms with E-state index in [1.807, 2.05) is 31.2 Å². The molecule has 110 valence electrons. The van der Waals surface area contributed by atoms with Crippen LogP contribution in [0.25, 0.3) is 0 Å². The van der Waals surface area contributed by atoms with Crippen LogP contribution in [0.2, 0.25) is 0 Å². The molecule has 1 aromatic rings. The highest BCUT2D eigenvalue weighted by Gasteiger charge is 2.27. The summed E-state index contributed by atoms with van der Waals surface area (Å²) in [5.74, 6) is 2.02. The van der Waals surface area contributed by atoms with Crippen LogP contribution in [0.15, 0.2) is 29.3 Å². The van der Waals surface area contributed by atoms with E-state index in [2.05, 4.69) is 26.1 Å². The van der Waals surface area contributed by atoms with Gasteiger partial charge in [-0.15, -0.1) is 0 Å². The average Bonchev–Trinajstić information content (AvgIpc) is 2.39. The van der Waals surface area contributed by atoms with Crippen molar-refractivity contribution < 1.29 is 4.74 Å². The van der Waals surface area contributed by atoms with E-state index in [-0.39, 0.29) is 5.41 Å². The molecular formula is C16H24N2OS. The van der Waals surface area contributed by atoms with Gasteiger partial charge in [0.25, 0.3) is 0 Å². The van der Waals surface area contributed by atoms with E-state index in [1.165, 1.54) is 0 Å². The van der Waals surface area contributed by atoms with Crippen molar-refractivity contribution >= 4 is 22.6 Å². The van der Waals surface area contributed by atoms with Crippen molar-refractivity contribution in [1.29, 1.82) is 0 Å². The van der Waals surface area contributed by atoms with Gasteiger partial charge in [-0.3, -0.25) is 4.99 Å². The number of benzene rings is 1. The third-order valence-corrected chi connectivity index (χ3v) is 4.22. The third-order valence-electron chi connectivity index (χ3n) is 3.30. The van der Waals surface area contributed by atoms with Gasteiger partial charge in [0.05, 0.1) is 12.6 Å². The Morgan fingerprint density at radius 1 is 1.40 bits per heavy atom. The summed E-state index contributed by atoms with van der Waals surface area (Å²) in [4.78, 5) is 4.85. The minimum Gasteiger partial charge on any atom is -0.494 e. The minimum atomic E-state index is 0.223. The van der Waals surface area contributed by atoms with Gasteiger partial charge < -0.3 is 10.1 Å².